The van der Waals surface area contributed by atoms with Gasteiger partial charge < -0.3 is 15.8 Å². The molecule has 19 heavy (non-hydrogen) atoms. The summed E-state index contributed by atoms with van der Waals surface area (Å²) in [6.07, 6.45) is 0. The Labute approximate surface area is 121 Å². The lowest BCUT2D eigenvalue weighted by atomic mass is 9.87. The summed E-state index contributed by atoms with van der Waals surface area (Å²) in [5.41, 5.74) is 7.36. The van der Waals surface area contributed by atoms with Gasteiger partial charge in [-0.15, -0.1) is 12.4 Å². The van der Waals surface area contributed by atoms with Gasteiger partial charge >= 0.3 is 0 Å². The predicted octanol–water partition coefficient (Wildman–Crippen LogP) is 2.74. The standard InChI is InChI=1S/C14H22N2O2.ClH/c1-9-8-10(18-5)6-7-11(9)16-13(17)12(15)14(2,3)4;/h6-8,12H,15H2,1-5H3,(H,16,17);1H/t12-;/m1./s1. The van der Waals surface area contributed by atoms with Gasteiger partial charge in [-0.25, -0.2) is 0 Å². The fraction of sp³-hybridized carbons (Fsp3) is 0.500. The molecule has 0 bridgehead atoms. The van der Waals surface area contributed by atoms with Crippen LogP contribution in [0.1, 0.15) is 26.3 Å². The number of rotatable bonds is 3. The second-order valence-electron chi connectivity index (χ2n) is 5.51. The predicted molar refractivity (Wildman–Crippen MR) is 81.0 cm³/mol. The average Bonchev–Trinajstić information content (AvgIpc) is 2.29. The first kappa shape index (κ1) is 17.7. The lowest BCUT2D eigenvalue weighted by Gasteiger charge is -2.26. The van der Waals surface area contributed by atoms with Crippen LogP contribution in [-0.4, -0.2) is 19.1 Å². The number of ether oxygens (including phenoxy) is 1. The first-order valence-corrected chi connectivity index (χ1v) is 5.97. The lowest BCUT2D eigenvalue weighted by Crippen LogP contribution is -2.45. The summed E-state index contributed by atoms with van der Waals surface area (Å²) < 4.78 is 5.12. The van der Waals surface area contributed by atoms with Gasteiger partial charge in [0.15, 0.2) is 0 Å². The maximum Gasteiger partial charge on any atom is 0.241 e. The highest BCUT2D eigenvalue weighted by molar-refractivity contribution is 5.95. The van der Waals surface area contributed by atoms with E-state index < -0.39 is 6.04 Å². The molecule has 0 aliphatic rings. The van der Waals surface area contributed by atoms with Gasteiger partial charge in [0, 0.05) is 5.69 Å². The Kier molecular flexibility index (Phi) is 6.33. The summed E-state index contributed by atoms with van der Waals surface area (Å²) in [6.45, 7) is 7.75. The van der Waals surface area contributed by atoms with Crippen LogP contribution in [0.4, 0.5) is 5.69 Å². The van der Waals surface area contributed by atoms with E-state index in [-0.39, 0.29) is 23.7 Å². The molecule has 0 saturated carbocycles. The van der Waals surface area contributed by atoms with E-state index in [1.54, 1.807) is 7.11 Å². The van der Waals surface area contributed by atoms with Gasteiger partial charge in [0.2, 0.25) is 5.91 Å². The molecule has 0 unspecified atom stereocenters. The smallest absolute Gasteiger partial charge is 0.241 e. The fourth-order valence-electron chi connectivity index (χ4n) is 1.51. The number of anilines is 1. The Hall–Kier alpha value is -1.26. The summed E-state index contributed by atoms with van der Waals surface area (Å²) in [5.74, 6) is 0.599. The molecule has 0 fully saturated rings. The summed E-state index contributed by atoms with van der Waals surface area (Å²) in [7, 11) is 1.61. The molecule has 0 spiro atoms. The Balaban J connectivity index is 0.00000324. The molecule has 1 atom stereocenters. The zero-order valence-corrected chi connectivity index (χ0v) is 12.9. The van der Waals surface area contributed by atoms with Crippen LogP contribution in [0.25, 0.3) is 0 Å². The monoisotopic (exact) mass is 286 g/mol. The first-order chi connectivity index (χ1) is 8.25. The third-order valence-corrected chi connectivity index (χ3v) is 2.91. The molecule has 1 aromatic rings. The van der Waals surface area contributed by atoms with Crippen molar-refractivity contribution in [2.75, 3.05) is 12.4 Å². The van der Waals surface area contributed by atoms with Crippen LogP contribution < -0.4 is 15.8 Å². The van der Waals surface area contributed by atoms with E-state index in [4.69, 9.17) is 10.5 Å². The minimum Gasteiger partial charge on any atom is -0.497 e. The molecule has 3 N–H and O–H groups in total. The summed E-state index contributed by atoms with van der Waals surface area (Å²) in [5, 5.41) is 2.85. The number of amides is 1. The third kappa shape index (κ3) is 4.73. The van der Waals surface area contributed by atoms with E-state index >= 15 is 0 Å². The van der Waals surface area contributed by atoms with Crippen LogP contribution in [0.15, 0.2) is 18.2 Å². The normalized spacial score (nSPS) is 12.3. The van der Waals surface area contributed by atoms with Crippen molar-refractivity contribution in [1.29, 1.82) is 0 Å². The minimum atomic E-state index is -0.543. The van der Waals surface area contributed by atoms with Crippen molar-refractivity contribution < 1.29 is 9.53 Å². The first-order valence-electron chi connectivity index (χ1n) is 5.97. The number of nitrogens with one attached hydrogen (secondary N) is 1. The van der Waals surface area contributed by atoms with Crippen LogP contribution in [-0.2, 0) is 4.79 Å². The van der Waals surface area contributed by atoms with Gasteiger partial charge in [0.25, 0.3) is 0 Å². The number of hydrogen-bond acceptors (Lipinski definition) is 3. The number of benzene rings is 1. The lowest BCUT2D eigenvalue weighted by molar-refractivity contribution is -0.119. The zero-order valence-electron chi connectivity index (χ0n) is 12.1. The van der Waals surface area contributed by atoms with Gasteiger partial charge in [-0.2, -0.15) is 0 Å². The van der Waals surface area contributed by atoms with Crippen LogP contribution in [0, 0.1) is 12.3 Å². The van der Waals surface area contributed by atoms with E-state index in [0.717, 1.165) is 17.0 Å². The number of nitrogens with two attached hydrogens (primary N) is 1. The highest BCUT2D eigenvalue weighted by Gasteiger charge is 2.27. The molecule has 0 aromatic heterocycles. The van der Waals surface area contributed by atoms with Crippen molar-refractivity contribution in [1.82, 2.24) is 0 Å². The molecule has 0 aliphatic heterocycles. The molecule has 5 heteroatoms. The summed E-state index contributed by atoms with van der Waals surface area (Å²) >= 11 is 0. The van der Waals surface area contributed by atoms with Crippen molar-refractivity contribution >= 4 is 24.0 Å². The molecule has 0 saturated heterocycles. The van der Waals surface area contributed by atoms with Crippen molar-refractivity contribution in [3.05, 3.63) is 23.8 Å². The molecule has 4 nitrogen and oxygen atoms in total. The number of halogens is 1. The second kappa shape index (κ2) is 6.78. The van der Waals surface area contributed by atoms with Gasteiger partial charge in [0.1, 0.15) is 5.75 Å². The molecule has 108 valence electrons. The highest BCUT2D eigenvalue weighted by atomic mass is 35.5. The van der Waals surface area contributed by atoms with Crippen molar-refractivity contribution in [3.8, 4) is 5.75 Å². The maximum atomic E-state index is 12.0. The van der Waals surface area contributed by atoms with Crippen molar-refractivity contribution in [2.45, 2.75) is 33.7 Å². The van der Waals surface area contributed by atoms with Gasteiger partial charge in [-0.3, -0.25) is 4.79 Å². The molecular weight excluding hydrogens is 264 g/mol. The van der Waals surface area contributed by atoms with Crippen molar-refractivity contribution in [3.63, 3.8) is 0 Å². The van der Waals surface area contributed by atoms with E-state index in [1.165, 1.54) is 0 Å². The van der Waals surface area contributed by atoms with E-state index in [9.17, 15) is 4.79 Å². The Morgan fingerprint density at radius 3 is 2.37 bits per heavy atom. The fourth-order valence-corrected chi connectivity index (χ4v) is 1.51. The van der Waals surface area contributed by atoms with E-state index in [0.29, 0.717) is 0 Å². The molecule has 1 rings (SSSR count). The highest BCUT2D eigenvalue weighted by Crippen LogP contribution is 2.23. The summed E-state index contributed by atoms with van der Waals surface area (Å²) in [4.78, 5) is 12.0. The number of methoxy groups -OCH3 is 1. The van der Waals surface area contributed by atoms with E-state index in [2.05, 4.69) is 5.32 Å². The number of hydrogen-bond donors (Lipinski definition) is 2. The Morgan fingerprint density at radius 2 is 1.95 bits per heavy atom. The van der Waals surface area contributed by atoms with Crippen molar-refractivity contribution in [2.24, 2.45) is 11.1 Å². The molecule has 1 aromatic carbocycles. The molecule has 0 heterocycles. The maximum absolute atomic E-state index is 12.0. The molecule has 1 amide bonds. The SMILES string of the molecule is COc1ccc(NC(=O)[C@@H](N)C(C)(C)C)c(C)c1.Cl. The summed E-state index contributed by atoms with van der Waals surface area (Å²) in [6, 6.07) is 4.96. The topological polar surface area (TPSA) is 64.3 Å². The Bertz CT molecular complexity index is 442. The van der Waals surface area contributed by atoms with Gasteiger partial charge in [-0.1, -0.05) is 20.8 Å². The number of carbonyl (C=O) groups excluding carboxylic acids is 1. The number of aryl methyl sites for hydroxylation is 1. The van der Waals surface area contributed by atoms with Crippen LogP contribution in [0.5, 0.6) is 5.75 Å². The van der Waals surface area contributed by atoms with Crippen LogP contribution in [0.3, 0.4) is 0 Å². The largest absolute Gasteiger partial charge is 0.497 e. The van der Waals surface area contributed by atoms with E-state index in [1.807, 2.05) is 45.9 Å². The molecular formula is C14H23ClN2O2. The molecule has 0 aliphatic carbocycles. The second-order valence-corrected chi connectivity index (χ2v) is 5.51. The third-order valence-electron chi connectivity index (χ3n) is 2.91. The number of carbonyl (C=O) groups is 1. The van der Waals surface area contributed by atoms with Crippen LogP contribution >= 0.6 is 12.4 Å². The Morgan fingerprint density at radius 1 is 1.37 bits per heavy atom. The van der Waals surface area contributed by atoms with Gasteiger partial charge in [-0.05, 0) is 36.1 Å². The average molecular weight is 287 g/mol. The van der Waals surface area contributed by atoms with Gasteiger partial charge in [0.05, 0.1) is 13.2 Å². The zero-order chi connectivity index (χ0) is 13.9. The quantitative estimate of drug-likeness (QED) is 0.898. The minimum absolute atomic E-state index is 0. The van der Waals surface area contributed by atoms with Crippen LogP contribution in [0.2, 0.25) is 0 Å². The molecule has 0 radical (unpaired) electrons.